The van der Waals surface area contributed by atoms with E-state index < -0.39 is 12.1 Å². The van der Waals surface area contributed by atoms with Gasteiger partial charge in [-0.15, -0.1) is 0 Å². The molecule has 3 fully saturated rings. The second kappa shape index (κ2) is 13.4. The van der Waals surface area contributed by atoms with E-state index in [0.29, 0.717) is 22.6 Å². The van der Waals surface area contributed by atoms with E-state index in [4.69, 9.17) is 4.74 Å². The Bertz CT molecular complexity index is 1200. The second-order valence-electron chi connectivity index (χ2n) is 9.52. The summed E-state index contributed by atoms with van der Waals surface area (Å²) in [6, 6.07) is 22.0. The number of nitrogens with one attached hydrogen (secondary N) is 2. The maximum atomic E-state index is 12.1. The standard InChI is InChI=1S/C23H20N2O5.C7H13N.2H2/c26-14-16-9-11-19(12-10-16)24-21(27)15-30-20-8-4-7-18(13-20)22(25-23(28)29)17-5-2-1-3-6-17;1-4-8-5-2-7(1)3-6-8;;/h1-14,22,25H,15H2,(H,24,27)(H,28,29);7H,1-6H2;2*1H/t22-;;;/m0.../s1. The fraction of sp³-hybridized carbons (Fsp3) is 0.300. The van der Waals surface area contributed by atoms with Crippen molar-refractivity contribution in [1.82, 2.24) is 10.2 Å². The average Bonchev–Trinajstić information content (AvgIpc) is 2.97. The zero-order valence-electron chi connectivity index (χ0n) is 21.2. The number of carbonyl (C=O) groups is 3. The van der Waals surface area contributed by atoms with Crippen LogP contribution in [0.2, 0.25) is 0 Å². The molecule has 0 unspecified atom stereocenters. The van der Waals surface area contributed by atoms with Gasteiger partial charge in [-0.3, -0.25) is 9.59 Å². The van der Waals surface area contributed by atoms with Gasteiger partial charge in [0.05, 0.1) is 6.04 Å². The highest BCUT2D eigenvalue weighted by atomic mass is 16.5. The van der Waals surface area contributed by atoms with E-state index in [9.17, 15) is 19.5 Å². The third-order valence-electron chi connectivity index (χ3n) is 6.85. The molecule has 2 bridgehead atoms. The number of amides is 2. The Hall–Kier alpha value is -4.17. The number of ether oxygens (including phenoxy) is 1. The minimum Gasteiger partial charge on any atom is -0.484 e. The van der Waals surface area contributed by atoms with Gasteiger partial charge in [0.25, 0.3) is 5.91 Å². The molecule has 8 heteroatoms. The molecule has 3 heterocycles. The van der Waals surface area contributed by atoms with Gasteiger partial charge in [-0.1, -0.05) is 42.5 Å². The van der Waals surface area contributed by atoms with Gasteiger partial charge in [0.1, 0.15) is 12.0 Å². The topological polar surface area (TPSA) is 108 Å². The van der Waals surface area contributed by atoms with Crippen LogP contribution < -0.4 is 15.4 Å². The van der Waals surface area contributed by atoms with E-state index in [2.05, 4.69) is 15.5 Å². The van der Waals surface area contributed by atoms with Gasteiger partial charge in [0, 0.05) is 14.1 Å². The van der Waals surface area contributed by atoms with Crippen LogP contribution >= 0.6 is 0 Å². The molecule has 0 spiro atoms. The lowest BCUT2D eigenvalue weighted by atomic mass is 9.89. The van der Waals surface area contributed by atoms with Gasteiger partial charge in [-0.2, -0.15) is 0 Å². The summed E-state index contributed by atoms with van der Waals surface area (Å²) in [5, 5.41) is 14.4. The highest BCUT2D eigenvalue weighted by molar-refractivity contribution is 5.92. The third kappa shape index (κ3) is 7.91. The predicted octanol–water partition coefficient (Wildman–Crippen LogP) is 5.47. The Kier molecular flexibility index (Phi) is 9.48. The molecule has 8 nitrogen and oxygen atoms in total. The molecule has 3 saturated heterocycles. The molecule has 6 rings (SSSR count). The summed E-state index contributed by atoms with van der Waals surface area (Å²) >= 11 is 0. The number of carboxylic acid groups (broad SMARTS) is 1. The van der Waals surface area contributed by atoms with Crippen molar-refractivity contribution < 1.29 is 27.1 Å². The van der Waals surface area contributed by atoms with Crippen LogP contribution in [0.15, 0.2) is 78.9 Å². The maximum Gasteiger partial charge on any atom is 0.405 e. The molecular weight excluding hydrogens is 482 g/mol. The van der Waals surface area contributed by atoms with Crippen molar-refractivity contribution >= 4 is 24.0 Å². The van der Waals surface area contributed by atoms with Crippen molar-refractivity contribution in [3.63, 3.8) is 0 Å². The van der Waals surface area contributed by atoms with E-state index in [0.717, 1.165) is 17.8 Å². The van der Waals surface area contributed by atoms with Crippen molar-refractivity contribution in [3.8, 4) is 5.75 Å². The number of hydrogen-bond acceptors (Lipinski definition) is 5. The number of anilines is 1. The molecule has 3 aromatic rings. The van der Waals surface area contributed by atoms with Gasteiger partial charge in [-0.05, 0) is 92.3 Å². The summed E-state index contributed by atoms with van der Waals surface area (Å²) < 4.78 is 5.57. The molecule has 0 aromatic heterocycles. The van der Waals surface area contributed by atoms with Crippen LogP contribution in [0.5, 0.6) is 5.75 Å². The van der Waals surface area contributed by atoms with Crippen LogP contribution in [-0.4, -0.2) is 54.5 Å². The van der Waals surface area contributed by atoms with Crippen molar-refractivity contribution in [2.75, 3.05) is 31.6 Å². The van der Waals surface area contributed by atoms with E-state index >= 15 is 0 Å². The van der Waals surface area contributed by atoms with Crippen LogP contribution in [0, 0.1) is 5.92 Å². The van der Waals surface area contributed by atoms with Gasteiger partial charge < -0.3 is 25.4 Å². The molecule has 3 aliphatic heterocycles. The Labute approximate surface area is 225 Å². The maximum absolute atomic E-state index is 12.1. The molecule has 3 aromatic carbocycles. The number of hydrogen-bond donors (Lipinski definition) is 3. The van der Waals surface area contributed by atoms with E-state index in [1.807, 2.05) is 30.3 Å². The smallest absolute Gasteiger partial charge is 0.405 e. The van der Waals surface area contributed by atoms with E-state index in [1.54, 1.807) is 48.5 Å². The predicted molar refractivity (Wildman–Crippen MR) is 150 cm³/mol. The van der Waals surface area contributed by atoms with Crippen molar-refractivity contribution in [1.29, 1.82) is 0 Å². The summed E-state index contributed by atoms with van der Waals surface area (Å²) in [4.78, 5) is 36.6. The average molecular weight is 520 g/mol. The molecule has 2 amide bonds. The first-order valence-corrected chi connectivity index (χ1v) is 12.8. The van der Waals surface area contributed by atoms with Gasteiger partial charge in [0.2, 0.25) is 0 Å². The van der Waals surface area contributed by atoms with Gasteiger partial charge in [-0.25, -0.2) is 4.79 Å². The number of carbonyl (C=O) groups excluding carboxylic acids is 2. The Morgan fingerprint density at radius 1 is 0.947 bits per heavy atom. The lowest BCUT2D eigenvalue weighted by molar-refractivity contribution is -0.118. The van der Waals surface area contributed by atoms with Crippen molar-refractivity contribution in [2.24, 2.45) is 5.92 Å². The molecule has 0 saturated carbocycles. The molecule has 38 heavy (non-hydrogen) atoms. The first-order chi connectivity index (χ1) is 18.5. The number of rotatable bonds is 8. The van der Waals surface area contributed by atoms with Crippen LogP contribution in [0.3, 0.4) is 0 Å². The number of aldehydes is 1. The second-order valence-corrected chi connectivity index (χ2v) is 9.52. The fourth-order valence-corrected chi connectivity index (χ4v) is 4.77. The molecule has 3 N–H and O–H groups in total. The van der Waals surface area contributed by atoms with Crippen LogP contribution in [0.4, 0.5) is 10.5 Å². The SMILES string of the molecule is C1CN2CCC1CC2.O=Cc1ccc(NC(=O)COc2cccc([C@@H](NC(=O)O)c3ccccc3)c2)cc1.[HH].[HH]. The monoisotopic (exact) mass is 519 g/mol. The largest absolute Gasteiger partial charge is 0.484 e. The summed E-state index contributed by atoms with van der Waals surface area (Å²) in [5.41, 5.74) is 2.54. The summed E-state index contributed by atoms with van der Waals surface area (Å²) in [6.07, 6.45) is 4.04. The van der Waals surface area contributed by atoms with E-state index in [1.165, 1.54) is 38.9 Å². The zero-order chi connectivity index (χ0) is 26.7. The van der Waals surface area contributed by atoms with Crippen LogP contribution in [0.1, 0.15) is 49.6 Å². The number of piperidine rings is 3. The quantitative estimate of drug-likeness (QED) is 0.341. The molecule has 3 aliphatic rings. The minimum atomic E-state index is -1.14. The molecule has 0 radical (unpaired) electrons. The van der Waals surface area contributed by atoms with E-state index in [-0.39, 0.29) is 15.4 Å². The molecule has 202 valence electrons. The third-order valence-corrected chi connectivity index (χ3v) is 6.85. The number of nitrogens with zero attached hydrogens (tertiary/aromatic N) is 1. The lowest BCUT2D eigenvalue weighted by Crippen LogP contribution is -2.41. The molecule has 1 atom stereocenters. The highest BCUT2D eigenvalue weighted by Crippen LogP contribution is 2.27. The lowest BCUT2D eigenvalue weighted by Gasteiger charge is -2.38. The van der Waals surface area contributed by atoms with Gasteiger partial charge >= 0.3 is 6.09 Å². The highest BCUT2D eigenvalue weighted by Gasteiger charge is 2.24. The fourth-order valence-electron chi connectivity index (χ4n) is 4.77. The normalized spacial score (nSPS) is 18.3. The summed E-state index contributed by atoms with van der Waals surface area (Å²) in [6.45, 7) is 3.96. The van der Waals surface area contributed by atoms with Crippen LogP contribution in [-0.2, 0) is 4.79 Å². The zero-order valence-corrected chi connectivity index (χ0v) is 21.2. The number of fused-ring (bicyclic) bond motifs is 3. The minimum absolute atomic E-state index is 0. The van der Waals surface area contributed by atoms with Crippen LogP contribution in [0.25, 0.3) is 0 Å². The molecular formula is C30H37N3O5. The first kappa shape index (κ1) is 26.9. The Morgan fingerprint density at radius 2 is 1.61 bits per heavy atom. The Balaban J connectivity index is 0.000000476. The summed E-state index contributed by atoms with van der Waals surface area (Å²) in [5.74, 6) is 1.19. The number of benzene rings is 3. The van der Waals surface area contributed by atoms with Crippen molar-refractivity contribution in [2.45, 2.75) is 25.3 Å². The first-order valence-electron chi connectivity index (χ1n) is 12.8. The summed E-state index contributed by atoms with van der Waals surface area (Å²) in [7, 11) is 0. The Morgan fingerprint density at radius 3 is 2.16 bits per heavy atom. The van der Waals surface area contributed by atoms with Crippen molar-refractivity contribution in [3.05, 3.63) is 95.6 Å². The molecule has 0 aliphatic carbocycles. The van der Waals surface area contributed by atoms with Gasteiger partial charge in [0.15, 0.2) is 6.61 Å².